The number of imidazole rings is 1. The standard InChI is InChI=1S/C14H17Cl2N3O/c1-3-7-17-12(20)8-19-11-6-4-5-10(16)13(11)18-14(19)9(2)15/h4-6,9H,3,7-8H2,1-2H3,(H,17,20). The van der Waals surface area contributed by atoms with Gasteiger partial charge in [-0.2, -0.15) is 0 Å². The lowest BCUT2D eigenvalue weighted by Crippen LogP contribution is -2.28. The number of carbonyl (C=O) groups is 1. The maximum atomic E-state index is 11.9. The summed E-state index contributed by atoms with van der Waals surface area (Å²) in [4.78, 5) is 16.4. The van der Waals surface area contributed by atoms with Gasteiger partial charge >= 0.3 is 0 Å². The van der Waals surface area contributed by atoms with Gasteiger partial charge in [-0.15, -0.1) is 11.6 Å². The first-order valence-electron chi connectivity index (χ1n) is 6.60. The summed E-state index contributed by atoms with van der Waals surface area (Å²) < 4.78 is 1.82. The highest BCUT2D eigenvalue weighted by atomic mass is 35.5. The summed E-state index contributed by atoms with van der Waals surface area (Å²) in [5, 5.41) is 3.12. The number of hydrogen-bond donors (Lipinski definition) is 1. The lowest BCUT2D eigenvalue weighted by Gasteiger charge is -2.10. The highest BCUT2D eigenvalue weighted by Crippen LogP contribution is 2.28. The van der Waals surface area contributed by atoms with E-state index in [9.17, 15) is 4.79 Å². The van der Waals surface area contributed by atoms with Crippen LogP contribution < -0.4 is 5.32 Å². The summed E-state index contributed by atoms with van der Waals surface area (Å²) in [6, 6.07) is 5.51. The monoisotopic (exact) mass is 313 g/mol. The lowest BCUT2D eigenvalue weighted by molar-refractivity contribution is -0.121. The Labute approximate surface area is 128 Å². The van der Waals surface area contributed by atoms with Crippen LogP contribution in [0.3, 0.4) is 0 Å². The van der Waals surface area contributed by atoms with Crippen LogP contribution in [0.15, 0.2) is 18.2 Å². The molecule has 2 rings (SSSR count). The molecule has 0 saturated heterocycles. The number of para-hydroxylation sites is 1. The summed E-state index contributed by atoms with van der Waals surface area (Å²) in [6.45, 7) is 4.71. The molecule has 1 heterocycles. The summed E-state index contributed by atoms with van der Waals surface area (Å²) in [6.07, 6.45) is 0.904. The second-order valence-corrected chi connectivity index (χ2v) is 5.69. The highest BCUT2D eigenvalue weighted by molar-refractivity contribution is 6.35. The number of carbonyl (C=O) groups excluding carboxylic acids is 1. The Balaban J connectivity index is 2.41. The fourth-order valence-electron chi connectivity index (χ4n) is 2.06. The number of halogens is 2. The van der Waals surface area contributed by atoms with Crippen molar-refractivity contribution in [2.45, 2.75) is 32.2 Å². The molecule has 1 aromatic heterocycles. The summed E-state index contributed by atoms with van der Waals surface area (Å²) in [7, 11) is 0. The molecule has 1 N–H and O–H groups in total. The molecule has 0 aliphatic rings. The van der Waals surface area contributed by atoms with Crippen molar-refractivity contribution in [3.63, 3.8) is 0 Å². The van der Waals surface area contributed by atoms with E-state index < -0.39 is 0 Å². The van der Waals surface area contributed by atoms with Crippen LogP contribution in [-0.2, 0) is 11.3 Å². The van der Waals surface area contributed by atoms with E-state index in [4.69, 9.17) is 23.2 Å². The molecule has 1 amide bonds. The van der Waals surface area contributed by atoms with Crippen molar-refractivity contribution in [2.24, 2.45) is 0 Å². The number of fused-ring (bicyclic) bond motifs is 1. The molecule has 0 fully saturated rings. The molecule has 108 valence electrons. The lowest BCUT2D eigenvalue weighted by atomic mass is 10.3. The molecular weight excluding hydrogens is 297 g/mol. The molecule has 4 nitrogen and oxygen atoms in total. The number of amides is 1. The van der Waals surface area contributed by atoms with Crippen LogP contribution >= 0.6 is 23.2 Å². The summed E-state index contributed by atoms with van der Waals surface area (Å²) in [5.74, 6) is 0.603. The minimum absolute atomic E-state index is 0.0512. The fourth-order valence-corrected chi connectivity index (χ4v) is 2.44. The maximum absolute atomic E-state index is 11.9. The van der Waals surface area contributed by atoms with Crippen LogP contribution in [-0.4, -0.2) is 22.0 Å². The minimum atomic E-state index is -0.294. The molecule has 6 heteroatoms. The van der Waals surface area contributed by atoms with E-state index in [0.29, 0.717) is 22.9 Å². The van der Waals surface area contributed by atoms with E-state index in [-0.39, 0.29) is 17.8 Å². The molecule has 1 atom stereocenters. The van der Waals surface area contributed by atoms with Crippen LogP contribution in [0.5, 0.6) is 0 Å². The van der Waals surface area contributed by atoms with E-state index in [1.165, 1.54) is 0 Å². The van der Waals surface area contributed by atoms with Crippen LogP contribution in [0.1, 0.15) is 31.5 Å². The van der Waals surface area contributed by atoms with Gasteiger partial charge in [0.1, 0.15) is 17.9 Å². The van der Waals surface area contributed by atoms with E-state index >= 15 is 0 Å². The smallest absolute Gasteiger partial charge is 0.240 e. The Morgan fingerprint density at radius 1 is 1.50 bits per heavy atom. The summed E-state index contributed by atoms with van der Waals surface area (Å²) >= 11 is 12.3. The topological polar surface area (TPSA) is 46.9 Å². The van der Waals surface area contributed by atoms with Crippen LogP contribution in [0.25, 0.3) is 11.0 Å². The number of rotatable bonds is 5. The Bertz CT molecular complexity index is 622. The van der Waals surface area contributed by atoms with Crippen LogP contribution in [0, 0.1) is 0 Å². The summed E-state index contributed by atoms with van der Waals surface area (Å²) in [5.41, 5.74) is 1.51. The number of hydrogen-bond acceptors (Lipinski definition) is 2. The molecule has 0 aliphatic heterocycles. The van der Waals surface area contributed by atoms with E-state index in [1.54, 1.807) is 6.07 Å². The molecule has 0 aliphatic carbocycles. The molecule has 0 bridgehead atoms. The van der Waals surface area contributed by atoms with Gasteiger partial charge in [-0.05, 0) is 25.5 Å². The average Bonchev–Trinajstić information content (AvgIpc) is 2.77. The van der Waals surface area contributed by atoms with Crippen LogP contribution in [0.4, 0.5) is 0 Å². The van der Waals surface area contributed by atoms with Crippen molar-refractivity contribution in [3.8, 4) is 0 Å². The zero-order chi connectivity index (χ0) is 14.7. The molecule has 0 spiro atoms. The minimum Gasteiger partial charge on any atom is -0.355 e. The Hall–Kier alpha value is -1.26. The molecule has 1 unspecified atom stereocenters. The third-order valence-electron chi connectivity index (χ3n) is 2.99. The second kappa shape index (κ2) is 6.46. The second-order valence-electron chi connectivity index (χ2n) is 4.63. The van der Waals surface area contributed by atoms with Crippen molar-refractivity contribution >= 4 is 40.1 Å². The molecule has 2 aromatic rings. The normalized spacial score (nSPS) is 12.6. The number of nitrogens with one attached hydrogen (secondary N) is 1. The predicted octanol–water partition coefficient (Wildman–Crippen LogP) is 3.52. The Kier molecular flexibility index (Phi) is 4.89. The fraction of sp³-hybridized carbons (Fsp3) is 0.429. The number of aromatic nitrogens is 2. The first kappa shape index (κ1) is 15.1. The predicted molar refractivity (Wildman–Crippen MR) is 82.3 cm³/mol. The van der Waals surface area contributed by atoms with Crippen molar-refractivity contribution in [3.05, 3.63) is 29.0 Å². The van der Waals surface area contributed by atoms with Gasteiger partial charge in [0.15, 0.2) is 0 Å². The zero-order valence-electron chi connectivity index (χ0n) is 11.5. The first-order chi connectivity index (χ1) is 9.54. The van der Waals surface area contributed by atoms with Gasteiger partial charge in [-0.3, -0.25) is 4.79 Å². The van der Waals surface area contributed by atoms with Crippen molar-refractivity contribution in [1.29, 1.82) is 0 Å². The highest BCUT2D eigenvalue weighted by Gasteiger charge is 2.18. The SMILES string of the molecule is CCCNC(=O)Cn1c(C(C)Cl)nc2c(Cl)cccc21. The number of alkyl halides is 1. The molecule has 0 radical (unpaired) electrons. The van der Waals surface area contributed by atoms with Gasteiger partial charge in [-0.1, -0.05) is 24.6 Å². The van der Waals surface area contributed by atoms with E-state index in [2.05, 4.69) is 10.3 Å². The Morgan fingerprint density at radius 3 is 2.90 bits per heavy atom. The third kappa shape index (κ3) is 3.07. The van der Waals surface area contributed by atoms with E-state index in [0.717, 1.165) is 11.9 Å². The number of nitrogens with zero attached hydrogens (tertiary/aromatic N) is 2. The third-order valence-corrected chi connectivity index (χ3v) is 3.49. The zero-order valence-corrected chi connectivity index (χ0v) is 13.0. The molecular formula is C14H17Cl2N3O. The van der Waals surface area contributed by atoms with Gasteiger partial charge in [0.25, 0.3) is 0 Å². The first-order valence-corrected chi connectivity index (χ1v) is 7.41. The van der Waals surface area contributed by atoms with E-state index in [1.807, 2.05) is 30.5 Å². The van der Waals surface area contributed by atoms with Crippen molar-refractivity contribution in [1.82, 2.24) is 14.9 Å². The van der Waals surface area contributed by atoms with Gasteiger partial charge in [0.05, 0.1) is 15.9 Å². The Morgan fingerprint density at radius 2 is 2.25 bits per heavy atom. The average molecular weight is 314 g/mol. The maximum Gasteiger partial charge on any atom is 0.240 e. The molecule has 1 aromatic carbocycles. The van der Waals surface area contributed by atoms with Crippen LogP contribution in [0.2, 0.25) is 5.02 Å². The quantitative estimate of drug-likeness (QED) is 0.859. The molecule has 0 saturated carbocycles. The number of benzene rings is 1. The van der Waals surface area contributed by atoms with Crippen molar-refractivity contribution < 1.29 is 4.79 Å². The van der Waals surface area contributed by atoms with Gasteiger partial charge < -0.3 is 9.88 Å². The molecule has 20 heavy (non-hydrogen) atoms. The van der Waals surface area contributed by atoms with Gasteiger partial charge in [-0.25, -0.2) is 4.98 Å². The van der Waals surface area contributed by atoms with Gasteiger partial charge in [0, 0.05) is 6.54 Å². The van der Waals surface area contributed by atoms with Gasteiger partial charge in [0.2, 0.25) is 5.91 Å². The van der Waals surface area contributed by atoms with Crippen molar-refractivity contribution in [2.75, 3.05) is 6.54 Å². The largest absolute Gasteiger partial charge is 0.355 e.